The van der Waals surface area contributed by atoms with Gasteiger partial charge in [0, 0.05) is 0 Å². The van der Waals surface area contributed by atoms with Gasteiger partial charge in [0.25, 0.3) is 0 Å². The Hall–Kier alpha value is -3.52. The van der Waals surface area contributed by atoms with Crippen LogP contribution < -0.4 is 13.6 Å². The van der Waals surface area contributed by atoms with E-state index in [1.54, 1.807) is 0 Å². The molecule has 66 heavy (non-hydrogen) atoms. The van der Waals surface area contributed by atoms with Gasteiger partial charge in [-0.15, -0.1) is 0 Å². The maximum absolute atomic E-state index is 9.61. The van der Waals surface area contributed by atoms with Crippen LogP contribution in [0.4, 0.5) is 0 Å². The minimum absolute atomic E-state index is 0.0856. The molecule has 3 aliphatic rings. The van der Waals surface area contributed by atoms with Gasteiger partial charge in [-0.1, -0.05) is 0 Å². The topological polar surface area (TPSA) is 0 Å². The summed E-state index contributed by atoms with van der Waals surface area (Å²) >= 11 is -5.78. The van der Waals surface area contributed by atoms with E-state index in [1.165, 1.54) is 103 Å². The van der Waals surface area contributed by atoms with Crippen LogP contribution in [0.15, 0.2) is 126 Å². The molecule has 4 heteroatoms. The fourth-order valence-corrected chi connectivity index (χ4v) is 40.6. The van der Waals surface area contributed by atoms with Gasteiger partial charge in [0.1, 0.15) is 0 Å². The van der Waals surface area contributed by atoms with Crippen LogP contribution in [0.25, 0.3) is 45.5 Å². The molecule has 9 rings (SSSR count). The Morgan fingerprint density at radius 3 is 1.38 bits per heavy atom. The van der Waals surface area contributed by atoms with Crippen molar-refractivity contribution in [1.82, 2.24) is 0 Å². The van der Waals surface area contributed by atoms with Crippen LogP contribution >= 0.6 is 17.0 Å². The van der Waals surface area contributed by atoms with Crippen molar-refractivity contribution in [3.8, 4) is 33.4 Å². The fourth-order valence-electron chi connectivity index (χ4n) is 12.7. The Morgan fingerprint density at radius 1 is 0.515 bits per heavy atom. The third kappa shape index (κ3) is 7.63. The molecule has 0 N–H and O–H groups in total. The van der Waals surface area contributed by atoms with Gasteiger partial charge in [-0.25, -0.2) is 0 Å². The molecule has 0 spiro atoms. The monoisotopic (exact) mass is 1000 g/mol. The van der Waals surface area contributed by atoms with E-state index < -0.39 is 25.9 Å². The molecular weight excluding hydrogens is 935 g/mol. The van der Waals surface area contributed by atoms with Crippen LogP contribution in [0.3, 0.4) is 0 Å². The standard InChI is InChI=1S/2C25H31.C12H9Si.2ClH.Zr/c2*1-7-10-18-15-19-13-14-23(25(4,5)6)24(22(19)16-18)21-12-9-8-11-20(21)17(2)3;1-3-7-11-9(5-1)10-6-2-4-8-12(10)13-11;;;/h2*8-9,11-17H,7,10H2,1-6H3;1-7H,13H2;2*1H;/q;;;;;+2/p-2. The van der Waals surface area contributed by atoms with E-state index in [1.807, 2.05) is 0 Å². The van der Waals surface area contributed by atoms with E-state index in [2.05, 4.69) is 210 Å². The molecule has 1 aliphatic heterocycles. The zero-order chi connectivity index (χ0) is 47.1. The van der Waals surface area contributed by atoms with Crippen molar-refractivity contribution in [3.63, 3.8) is 0 Å². The third-order valence-corrected chi connectivity index (χ3v) is 38.2. The van der Waals surface area contributed by atoms with Crippen LogP contribution in [-0.2, 0) is 27.2 Å². The van der Waals surface area contributed by atoms with Gasteiger partial charge in [0.05, 0.1) is 0 Å². The average Bonchev–Trinajstić information content (AvgIpc) is 3.97. The second kappa shape index (κ2) is 17.5. The Balaban J connectivity index is 1.43. The number of allylic oxidation sites excluding steroid dienone is 2. The van der Waals surface area contributed by atoms with Gasteiger partial charge in [0.2, 0.25) is 0 Å². The van der Waals surface area contributed by atoms with Gasteiger partial charge < -0.3 is 0 Å². The average molecular weight is 1010 g/mol. The van der Waals surface area contributed by atoms with Crippen molar-refractivity contribution < 1.29 is 16.4 Å². The molecule has 0 saturated heterocycles. The van der Waals surface area contributed by atoms with Crippen molar-refractivity contribution in [2.24, 2.45) is 0 Å². The van der Waals surface area contributed by atoms with Crippen LogP contribution in [0.1, 0.15) is 172 Å². The summed E-state index contributed by atoms with van der Waals surface area (Å²) in [6.45, 7) is 28.3. The molecule has 6 aromatic rings. The maximum atomic E-state index is 9.61. The zero-order valence-corrected chi connectivity index (χ0v) is 47.1. The van der Waals surface area contributed by atoms with Crippen molar-refractivity contribution in [3.05, 3.63) is 171 Å². The zero-order valence-electron chi connectivity index (χ0n) is 41.7. The first-order chi connectivity index (χ1) is 31.3. The molecule has 2 aliphatic carbocycles. The first kappa shape index (κ1) is 47.5. The van der Waals surface area contributed by atoms with E-state index in [-0.39, 0.29) is 18.1 Å². The number of rotatable bonds is 11. The summed E-state index contributed by atoms with van der Waals surface area (Å²) in [7, 11) is 18.3. The van der Waals surface area contributed by atoms with Crippen LogP contribution in [0.5, 0.6) is 0 Å². The van der Waals surface area contributed by atoms with E-state index in [4.69, 9.17) is 0 Å². The molecule has 0 amide bonds. The molecular formula is C62H71Cl2SiZr. The summed E-state index contributed by atoms with van der Waals surface area (Å²) < 4.78 is 1.09. The summed E-state index contributed by atoms with van der Waals surface area (Å²) in [5.74, 6) is 0.741. The first-order valence-corrected chi connectivity index (χ1v) is 36.8. The molecule has 2 unspecified atom stereocenters. The van der Waals surface area contributed by atoms with E-state index in [9.17, 15) is 17.0 Å². The fraction of sp³-hybridized carbons (Fsp3) is 0.355. The predicted molar refractivity (Wildman–Crippen MR) is 292 cm³/mol. The molecule has 6 aromatic carbocycles. The Labute approximate surface area is 408 Å². The van der Waals surface area contributed by atoms with Crippen molar-refractivity contribution in [1.29, 1.82) is 0 Å². The van der Waals surface area contributed by atoms with Crippen molar-refractivity contribution in [2.45, 2.75) is 139 Å². The molecule has 0 bridgehead atoms. The van der Waals surface area contributed by atoms with Crippen LogP contribution in [-0.4, -0.2) is 9.52 Å². The van der Waals surface area contributed by atoms with Crippen molar-refractivity contribution in [2.75, 3.05) is 0 Å². The van der Waals surface area contributed by atoms with E-state index in [0.717, 1.165) is 25.7 Å². The summed E-state index contributed by atoms with van der Waals surface area (Å²) in [5.41, 5.74) is 21.7. The summed E-state index contributed by atoms with van der Waals surface area (Å²) in [5, 5.41) is 2.99. The van der Waals surface area contributed by atoms with Gasteiger partial charge in [0.15, 0.2) is 0 Å². The molecule has 341 valence electrons. The molecule has 1 heterocycles. The molecule has 0 nitrogen and oxygen atoms in total. The van der Waals surface area contributed by atoms with Gasteiger partial charge in [-0.2, -0.15) is 0 Å². The SMILES string of the molecule is CCCC1=Cc2c(ccc(C(C)(C)C)c2-c2ccccc2C(C)C)[CH]1[Zr]([Cl])([Cl])([c]1cccc2c1[SiH2]c1ccccc1-2)[CH]1C(CCC)=Cc2c1ccc(C(C)(C)C)c2-c1ccccc1C(C)C. The number of benzene rings is 6. The Kier molecular flexibility index (Phi) is 12.6. The normalized spacial score (nSPS) is 17.7. The van der Waals surface area contributed by atoms with Crippen LogP contribution in [0, 0.1) is 0 Å². The number of hydrogen-bond acceptors (Lipinski definition) is 0. The number of fused-ring (bicyclic) bond motifs is 5. The van der Waals surface area contributed by atoms with Crippen molar-refractivity contribution >= 4 is 52.3 Å². The molecule has 2 atom stereocenters. The molecule has 0 radical (unpaired) electrons. The Morgan fingerprint density at radius 2 is 0.939 bits per heavy atom. The third-order valence-electron chi connectivity index (χ3n) is 15.4. The molecule has 0 fully saturated rings. The minimum atomic E-state index is -5.78. The quantitative estimate of drug-likeness (QED) is 0.113. The number of hydrogen-bond donors (Lipinski definition) is 0. The predicted octanol–water partition coefficient (Wildman–Crippen LogP) is 16.5. The second-order valence-electron chi connectivity index (χ2n) is 22.6. The summed E-state index contributed by atoms with van der Waals surface area (Å²) in [6, 6.07) is 44.5. The molecule has 0 saturated carbocycles. The number of halogens is 2. The molecule has 0 aromatic heterocycles. The summed E-state index contributed by atoms with van der Waals surface area (Å²) in [4.78, 5) is 0. The van der Waals surface area contributed by atoms with Gasteiger partial charge in [-0.05, 0) is 0 Å². The second-order valence-corrected chi connectivity index (χ2v) is 45.0. The van der Waals surface area contributed by atoms with Gasteiger partial charge in [-0.3, -0.25) is 0 Å². The van der Waals surface area contributed by atoms with E-state index >= 15 is 0 Å². The summed E-state index contributed by atoms with van der Waals surface area (Å²) in [6.07, 6.45) is 9.16. The first-order valence-electron chi connectivity index (χ1n) is 25.0. The van der Waals surface area contributed by atoms with E-state index in [0.29, 0.717) is 11.8 Å². The van der Waals surface area contributed by atoms with Crippen LogP contribution in [0.2, 0.25) is 0 Å². The Bertz CT molecular complexity index is 2800. The van der Waals surface area contributed by atoms with Gasteiger partial charge >= 0.3 is 412 Å².